The van der Waals surface area contributed by atoms with Crippen molar-refractivity contribution in [1.82, 2.24) is 10.3 Å². The number of aryl methyl sites for hydroxylation is 1. The van der Waals surface area contributed by atoms with E-state index in [9.17, 15) is 9.59 Å². The highest BCUT2D eigenvalue weighted by Gasteiger charge is 2.28. The summed E-state index contributed by atoms with van der Waals surface area (Å²) in [4.78, 5) is 32.1. The summed E-state index contributed by atoms with van der Waals surface area (Å²) >= 11 is 0. The van der Waals surface area contributed by atoms with Crippen molar-refractivity contribution in [3.63, 3.8) is 0 Å². The minimum atomic E-state index is -0.134. The van der Waals surface area contributed by atoms with Crippen LogP contribution in [-0.2, 0) is 9.59 Å². The number of fused-ring (bicyclic) bond motifs is 1. The van der Waals surface area contributed by atoms with Crippen LogP contribution >= 0.6 is 0 Å². The number of rotatable bonds is 6. The van der Waals surface area contributed by atoms with E-state index in [-0.39, 0.29) is 30.7 Å². The lowest BCUT2D eigenvalue weighted by atomic mass is 9.78. The highest BCUT2D eigenvalue weighted by Crippen LogP contribution is 2.30. The summed E-state index contributed by atoms with van der Waals surface area (Å²) in [5.74, 6) is 2.00. The Morgan fingerprint density at radius 3 is 2.55 bits per heavy atom. The number of nitrogens with zero attached hydrogens (tertiary/aromatic N) is 2. The Kier molecular flexibility index (Phi) is 7.51. The van der Waals surface area contributed by atoms with Gasteiger partial charge in [0.15, 0.2) is 0 Å². The largest absolute Gasteiger partial charge is 0.357 e. The molecule has 1 aromatic heterocycles. The number of carbonyl (C=O) groups excluding carboxylic acids is 2. The molecule has 33 heavy (non-hydrogen) atoms. The van der Waals surface area contributed by atoms with Gasteiger partial charge in [0, 0.05) is 43.0 Å². The third-order valence-corrected chi connectivity index (χ3v) is 7.60. The van der Waals surface area contributed by atoms with Crippen LogP contribution in [0.1, 0.15) is 70.8 Å². The van der Waals surface area contributed by atoms with E-state index < -0.39 is 0 Å². The molecule has 3 atom stereocenters. The first-order chi connectivity index (χ1) is 15.9. The van der Waals surface area contributed by atoms with Gasteiger partial charge >= 0.3 is 0 Å². The number of anilines is 2. The Balaban J connectivity index is 1.33. The van der Waals surface area contributed by atoms with Crippen molar-refractivity contribution in [2.45, 2.75) is 78.2 Å². The van der Waals surface area contributed by atoms with Crippen LogP contribution < -0.4 is 15.5 Å². The van der Waals surface area contributed by atoms with Gasteiger partial charge in [0.2, 0.25) is 11.8 Å². The predicted molar refractivity (Wildman–Crippen MR) is 135 cm³/mol. The van der Waals surface area contributed by atoms with Gasteiger partial charge in [-0.2, -0.15) is 0 Å². The minimum absolute atomic E-state index is 0.0279. The third-order valence-electron chi connectivity index (χ3n) is 7.60. The molecule has 2 aliphatic rings. The molecule has 6 nitrogen and oxygen atoms in total. The summed E-state index contributed by atoms with van der Waals surface area (Å²) in [6, 6.07) is 8.24. The van der Waals surface area contributed by atoms with Crippen molar-refractivity contribution in [3.8, 4) is 0 Å². The Labute approximate surface area is 197 Å². The van der Waals surface area contributed by atoms with E-state index in [2.05, 4.69) is 42.4 Å². The molecule has 0 radical (unpaired) electrons. The standard InChI is InChI=1S/C27H38N4O2/c1-18-8-7-9-23(20(18)3)30-27(33)13-12-26(32)28-21-10-11-24-22(17-21)19(2)16-25(29-24)31-14-5-4-6-15-31/h10-11,16-18,20,23H,4-9,12-15H2,1-3H3,(H,28,32)(H,30,33)/t18-,20-,23-/m1/s1. The molecule has 4 rings (SSSR count). The van der Waals surface area contributed by atoms with Gasteiger partial charge in [0.1, 0.15) is 5.82 Å². The summed E-state index contributed by atoms with van der Waals surface area (Å²) in [6.45, 7) is 8.70. The molecule has 6 heteroatoms. The number of benzene rings is 1. The molecule has 0 spiro atoms. The normalized spacial score (nSPS) is 23.4. The van der Waals surface area contributed by atoms with Crippen LogP contribution in [0.2, 0.25) is 0 Å². The van der Waals surface area contributed by atoms with Gasteiger partial charge in [0.25, 0.3) is 0 Å². The van der Waals surface area contributed by atoms with Gasteiger partial charge in [-0.15, -0.1) is 0 Å². The van der Waals surface area contributed by atoms with Crippen molar-refractivity contribution in [1.29, 1.82) is 0 Å². The average Bonchev–Trinajstić information content (AvgIpc) is 2.81. The second-order valence-corrected chi connectivity index (χ2v) is 10.1. The topological polar surface area (TPSA) is 74.3 Å². The SMILES string of the molecule is Cc1cc(N2CCCCC2)nc2ccc(NC(=O)CCC(=O)N[C@@H]3CCC[C@@H](C)[C@H]3C)cc12. The highest BCUT2D eigenvalue weighted by molar-refractivity contribution is 5.96. The summed E-state index contributed by atoms with van der Waals surface area (Å²) in [5, 5.41) is 7.16. The van der Waals surface area contributed by atoms with Gasteiger partial charge in [-0.25, -0.2) is 4.98 Å². The Morgan fingerprint density at radius 1 is 1.00 bits per heavy atom. The zero-order chi connectivity index (χ0) is 23.4. The lowest BCUT2D eigenvalue weighted by Crippen LogP contribution is -2.43. The smallest absolute Gasteiger partial charge is 0.224 e. The predicted octanol–water partition coefficient (Wildman–Crippen LogP) is 5.19. The van der Waals surface area contributed by atoms with E-state index in [4.69, 9.17) is 4.98 Å². The van der Waals surface area contributed by atoms with E-state index in [1.54, 1.807) is 0 Å². The van der Waals surface area contributed by atoms with Crippen LogP contribution in [0.15, 0.2) is 24.3 Å². The number of piperidine rings is 1. The molecule has 1 saturated carbocycles. The molecule has 178 valence electrons. The van der Waals surface area contributed by atoms with Crippen molar-refractivity contribution in [2.24, 2.45) is 11.8 Å². The number of hydrogen-bond acceptors (Lipinski definition) is 4. The number of hydrogen-bond donors (Lipinski definition) is 2. The molecule has 1 aromatic carbocycles. The van der Waals surface area contributed by atoms with Crippen molar-refractivity contribution in [3.05, 3.63) is 29.8 Å². The molecule has 2 aromatic rings. The average molecular weight is 451 g/mol. The number of aromatic nitrogens is 1. The maximum Gasteiger partial charge on any atom is 0.224 e. The quantitative estimate of drug-likeness (QED) is 0.635. The van der Waals surface area contributed by atoms with Gasteiger partial charge in [-0.05, 0) is 74.3 Å². The molecule has 2 amide bonds. The van der Waals surface area contributed by atoms with Crippen molar-refractivity contribution >= 4 is 34.2 Å². The minimum Gasteiger partial charge on any atom is -0.357 e. The number of carbonyl (C=O) groups is 2. The van der Waals surface area contributed by atoms with Gasteiger partial charge in [0.05, 0.1) is 5.52 Å². The fourth-order valence-corrected chi connectivity index (χ4v) is 5.25. The third kappa shape index (κ3) is 5.84. The van der Waals surface area contributed by atoms with E-state index in [0.29, 0.717) is 11.8 Å². The second kappa shape index (κ2) is 10.5. The molecule has 1 saturated heterocycles. The van der Waals surface area contributed by atoms with Crippen LogP contribution in [0.5, 0.6) is 0 Å². The highest BCUT2D eigenvalue weighted by atomic mass is 16.2. The van der Waals surface area contributed by atoms with E-state index in [1.165, 1.54) is 25.7 Å². The van der Waals surface area contributed by atoms with E-state index >= 15 is 0 Å². The molecule has 0 bridgehead atoms. The van der Waals surface area contributed by atoms with Crippen LogP contribution in [0.25, 0.3) is 10.9 Å². The van der Waals surface area contributed by atoms with Gasteiger partial charge in [-0.1, -0.05) is 26.7 Å². The summed E-state index contributed by atoms with van der Waals surface area (Å²) < 4.78 is 0. The molecular formula is C27H38N4O2. The van der Waals surface area contributed by atoms with Gasteiger partial charge < -0.3 is 15.5 Å². The van der Waals surface area contributed by atoms with Gasteiger partial charge in [-0.3, -0.25) is 9.59 Å². The molecule has 2 fully saturated rings. The second-order valence-electron chi connectivity index (χ2n) is 10.1. The Morgan fingerprint density at radius 2 is 1.76 bits per heavy atom. The first kappa shape index (κ1) is 23.5. The lowest BCUT2D eigenvalue weighted by molar-refractivity contribution is -0.125. The van der Waals surface area contributed by atoms with Crippen molar-refractivity contribution < 1.29 is 9.59 Å². The molecule has 1 aliphatic carbocycles. The summed E-state index contributed by atoms with van der Waals surface area (Å²) in [7, 11) is 0. The van der Waals surface area contributed by atoms with Crippen LogP contribution in [0.4, 0.5) is 11.5 Å². The number of amides is 2. The molecular weight excluding hydrogens is 412 g/mol. The van der Waals surface area contributed by atoms with Crippen LogP contribution in [0.3, 0.4) is 0 Å². The van der Waals surface area contributed by atoms with E-state index in [0.717, 1.165) is 53.9 Å². The lowest BCUT2D eigenvalue weighted by Gasteiger charge is -2.34. The summed E-state index contributed by atoms with van der Waals surface area (Å²) in [5.41, 5.74) is 2.86. The summed E-state index contributed by atoms with van der Waals surface area (Å²) in [6.07, 6.45) is 7.58. The molecule has 0 unspecified atom stereocenters. The fraction of sp³-hybridized carbons (Fsp3) is 0.593. The molecule has 1 aliphatic heterocycles. The number of nitrogens with one attached hydrogen (secondary N) is 2. The maximum atomic E-state index is 12.5. The number of pyridine rings is 1. The first-order valence-electron chi connectivity index (χ1n) is 12.7. The molecule has 2 heterocycles. The van der Waals surface area contributed by atoms with Crippen LogP contribution in [-0.4, -0.2) is 35.9 Å². The maximum absolute atomic E-state index is 12.5. The fourth-order valence-electron chi connectivity index (χ4n) is 5.25. The Bertz CT molecular complexity index is 999. The van der Waals surface area contributed by atoms with Crippen molar-refractivity contribution in [2.75, 3.05) is 23.3 Å². The monoisotopic (exact) mass is 450 g/mol. The zero-order valence-corrected chi connectivity index (χ0v) is 20.3. The first-order valence-corrected chi connectivity index (χ1v) is 12.7. The van der Waals surface area contributed by atoms with E-state index in [1.807, 2.05) is 18.2 Å². The van der Waals surface area contributed by atoms with Crippen LogP contribution in [0, 0.1) is 18.8 Å². The zero-order valence-electron chi connectivity index (χ0n) is 20.3. The Hall–Kier alpha value is -2.63. The molecule has 2 N–H and O–H groups in total.